The van der Waals surface area contributed by atoms with Gasteiger partial charge in [0.1, 0.15) is 5.82 Å². The highest BCUT2D eigenvalue weighted by Crippen LogP contribution is 2.16. The molecule has 16 heavy (non-hydrogen) atoms. The normalized spacial score (nSPS) is 12.8. The summed E-state index contributed by atoms with van der Waals surface area (Å²) in [5.41, 5.74) is 0.661. The lowest BCUT2D eigenvalue weighted by Gasteiger charge is -2.13. The SMILES string of the molecule is CCCCOC(C)Cc1ccc(Cl)cc1F. The Morgan fingerprint density at radius 2 is 2.19 bits per heavy atom. The number of hydrogen-bond donors (Lipinski definition) is 0. The van der Waals surface area contributed by atoms with Gasteiger partial charge in [0.15, 0.2) is 0 Å². The van der Waals surface area contributed by atoms with Crippen molar-refractivity contribution in [1.29, 1.82) is 0 Å². The molecule has 0 saturated carbocycles. The Kier molecular flexibility index (Phi) is 5.78. The number of benzene rings is 1. The van der Waals surface area contributed by atoms with Crippen LogP contribution in [0.25, 0.3) is 0 Å². The summed E-state index contributed by atoms with van der Waals surface area (Å²) in [6.07, 6.45) is 2.80. The van der Waals surface area contributed by atoms with Crippen LogP contribution in [-0.4, -0.2) is 12.7 Å². The zero-order valence-corrected chi connectivity index (χ0v) is 10.6. The molecule has 0 N–H and O–H groups in total. The van der Waals surface area contributed by atoms with Gasteiger partial charge in [-0.1, -0.05) is 31.0 Å². The van der Waals surface area contributed by atoms with E-state index in [9.17, 15) is 4.39 Å². The Morgan fingerprint density at radius 1 is 1.44 bits per heavy atom. The van der Waals surface area contributed by atoms with Crippen molar-refractivity contribution in [2.75, 3.05) is 6.61 Å². The highest BCUT2D eigenvalue weighted by atomic mass is 35.5. The third-order valence-electron chi connectivity index (χ3n) is 2.42. The van der Waals surface area contributed by atoms with E-state index in [0.29, 0.717) is 17.0 Å². The van der Waals surface area contributed by atoms with E-state index in [-0.39, 0.29) is 11.9 Å². The van der Waals surface area contributed by atoms with E-state index in [0.717, 1.165) is 19.4 Å². The van der Waals surface area contributed by atoms with Crippen LogP contribution in [0.4, 0.5) is 4.39 Å². The Bertz CT molecular complexity index is 328. The Hall–Kier alpha value is -0.600. The lowest BCUT2D eigenvalue weighted by atomic mass is 10.1. The minimum Gasteiger partial charge on any atom is -0.378 e. The van der Waals surface area contributed by atoms with Crippen LogP contribution >= 0.6 is 11.6 Å². The summed E-state index contributed by atoms with van der Waals surface area (Å²) in [7, 11) is 0. The van der Waals surface area contributed by atoms with Gasteiger partial charge in [0.05, 0.1) is 6.10 Å². The number of rotatable bonds is 6. The van der Waals surface area contributed by atoms with E-state index in [2.05, 4.69) is 6.92 Å². The van der Waals surface area contributed by atoms with Crippen LogP contribution < -0.4 is 0 Å². The molecule has 90 valence electrons. The molecule has 0 fully saturated rings. The van der Waals surface area contributed by atoms with Crippen LogP contribution in [0.3, 0.4) is 0 Å². The molecule has 0 aliphatic carbocycles. The monoisotopic (exact) mass is 244 g/mol. The second-order valence-corrected chi connectivity index (χ2v) is 4.41. The van der Waals surface area contributed by atoms with E-state index >= 15 is 0 Å². The van der Waals surface area contributed by atoms with Crippen molar-refractivity contribution in [3.05, 3.63) is 34.6 Å². The largest absolute Gasteiger partial charge is 0.378 e. The standard InChI is InChI=1S/C13H18ClFO/c1-3-4-7-16-10(2)8-11-5-6-12(14)9-13(11)15/h5-6,9-10H,3-4,7-8H2,1-2H3. The predicted molar refractivity (Wildman–Crippen MR) is 65.4 cm³/mol. The van der Waals surface area contributed by atoms with Crippen molar-refractivity contribution in [3.8, 4) is 0 Å². The lowest BCUT2D eigenvalue weighted by molar-refractivity contribution is 0.0638. The number of halogens is 2. The molecule has 1 nitrogen and oxygen atoms in total. The van der Waals surface area contributed by atoms with Gasteiger partial charge in [-0.05, 0) is 31.0 Å². The molecule has 0 aliphatic rings. The van der Waals surface area contributed by atoms with Crippen molar-refractivity contribution in [3.63, 3.8) is 0 Å². The van der Waals surface area contributed by atoms with Crippen molar-refractivity contribution in [2.45, 2.75) is 39.2 Å². The summed E-state index contributed by atoms with van der Waals surface area (Å²) in [4.78, 5) is 0. The van der Waals surface area contributed by atoms with Crippen molar-refractivity contribution in [2.24, 2.45) is 0 Å². The fraction of sp³-hybridized carbons (Fsp3) is 0.538. The molecule has 3 heteroatoms. The Labute approximate surface area is 102 Å². The molecule has 0 heterocycles. The van der Waals surface area contributed by atoms with Crippen LogP contribution in [0.2, 0.25) is 5.02 Å². The quantitative estimate of drug-likeness (QED) is 0.681. The van der Waals surface area contributed by atoms with Crippen molar-refractivity contribution < 1.29 is 9.13 Å². The molecular weight excluding hydrogens is 227 g/mol. The molecule has 0 aliphatic heterocycles. The van der Waals surface area contributed by atoms with Gasteiger partial charge in [-0.25, -0.2) is 4.39 Å². The first-order valence-corrected chi connectivity index (χ1v) is 6.06. The predicted octanol–water partition coefficient (Wildman–Crippen LogP) is 4.23. The van der Waals surface area contributed by atoms with Crippen LogP contribution in [0.5, 0.6) is 0 Å². The van der Waals surface area contributed by atoms with Gasteiger partial charge >= 0.3 is 0 Å². The second-order valence-electron chi connectivity index (χ2n) is 3.97. The Morgan fingerprint density at radius 3 is 2.81 bits per heavy atom. The molecule has 0 spiro atoms. The number of ether oxygens (including phenoxy) is 1. The minimum absolute atomic E-state index is 0.0437. The zero-order chi connectivity index (χ0) is 12.0. The van der Waals surface area contributed by atoms with Gasteiger partial charge in [0.25, 0.3) is 0 Å². The average Bonchev–Trinajstić information content (AvgIpc) is 2.23. The fourth-order valence-electron chi connectivity index (χ4n) is 1.48. The molecule has 0 bridgehead atoms. The van der Waals surface area contributed by atoms with Crippen LogP contribution in [-0.2, 0) is 11.2 Å². The van der Waals surface area contributed by atoms with E-state index in [4.69, 9.17) is 16.3 Å². The summed E-state index contributed by atoms with van der Waals surface area (Å²) in [6.45, 7) is 4.82. The summed E-state index contributed by atoms with van der Waals surface area (Å²) in [6, 6.07) is 4.77. The van der Waals surface area contributed by atoms with Gasteiger partial charge in [-0.2, -0.15) is 0 Å². The first kappa shape index (κ1) is 13.5. The maximum absolute atomic E-state index is 13.5. The van der Waals surface area contributed by atoms with E-state index in [1.165, 1.54) is 6.07 Å². The molecular formula is C13H18ClFO. The van der Waals surface area contributed by atoms with Gasteiger partial charge in [-0.3, -0.25) is 0 Å². The first-order valence-electron chi connectivity index (χ1n) is 5.69. The molecule has 1 aromatic carbocycles. The van der Waals surface area contributed by atoms with Crippen LogP contribution in [0.15, 0.2) is 18.2 Å². The number of hydrogen-bond acceptors (Lipinski definition) is 1. The molecule has 1 aromatic rings. The summed E-state index contributed by atoms with van der Waals surface area (Å²) >= 11 is 5.68. The third-order valence-corrected chi connectivity index (χ3v) is 2.66. The van der Waals surface area contributed by atoms with Gasteiger partial charge < -0.3 is 4.74 Å². The van der Waals surface area contributed by atoms with E-state index in [1.54, 1.807) is 12.1 Å². The summed E-state index contributed by atoms with van der Waals surface area (Å²) in [5, 5.41) is 0.431. The topological polar surface area (TPSA) is 9.23 Å². The smallest absolute Gasteiger partial charge is 0.127 e. The molecule has 1 atom stereocenters. The average molecular weight is 245 g/mol. The number of unbranched alkanes of at least 4 members (excludes halogenated alkanes) is 1. The summed E-state index contributed by atoms with van der Waals surface area (Å²) < 4.78 is 19.0. The van der Waals surface area contributed by atoms with Crippen molar-refractivity contribution >= 4 is 11.6 Å². The molecule has 1 unspecified atom stereocenters. The lowest BCUT2D eigenvalue weighted by Crippen LogP contribution is -2.13. The molecule has 0 aromatic heterocycles. The van der Waals surface area contributed by atoms with E-state index < -0.39 is 0 Å². The maximum atomic E-state index is 13.5. The van der Waals surface area contributed by atoms with Crippen molar-refractivity contribution in [1.82, 2.24) is 0 Å². The van der Waals surface area contributed by atoms with E-state index in [1.807, 2.05) is 6.92 Å². The van der Waals surface area contributed by atoms with Gasteiger partial charge in [0, 0.05) is 18.1 Å². The molecule has 0 amide bonds. The first-order chi connectivity index (χ1) is 7.63. The second kappa shape index (κ2) is 6.87. The maximum Gasteiger partial charge on any atom is 0.127 e. The minimum atomic E-state index is -0.251. The van der Waals surface area contributed by atoms with Crippen LogP contribution in [0.1, 0.15) is 32.3 Å². The molecule has 1 rings (SSSR count). The molecule has 0 radical (unpaired) electrons. The summed E-state index contributed by atoms with van der Waals surface area (Å²) in [5.74, 6) is -0.251. The van der Waals surface area contributed by atoms with Gasteiger partial charge in [-0.15, -0.1) is 0 Å². The molecule has 0 saturated heterocycles. The highest BCUT2D eigenvalue weighted by molar-refractivity contribution is 6.30. The van der Waals surface area contributed by atoms with Gasteiger partial charge in [0.2, 0.25) is 0 Å². The fourth-order valence-corrected chi connectivity index (χ4v) is 1.64. The van der Waals surface area contributed by atoms with Crippen LogP contribution in [0, 0.1) is 5.82 Å². The Balaban J connectivity index is 2.46. The highest BCUT2D eigenvalue weighted by Gasteiger charge is 2.08. The third kappa shape index (κ3) is 4.50. The zero-order valence-electron chi connectivity index (χ0n) is 9.80.